The van der Waals surface area contributed by atoms with Gasteiger partial charge in [-0.1, -0.05) is 123 Å². The number of fused-ring (bicyclic) bond motifs is 7. The van der Waals surface area contributed by atoms with Crippen molar-refractivity contribution in [1.82, 2.24) is 19.1 Å². The molecule has 0 amide bonds. The monoisotopic (exact) mass is 628 g/mol. The third-order valence-electron chi connectivity index (χ3n) is 10.3. The van der Waals surface area contributed by atoms with Crippen molar-refractivity contribution in [3.63, 3.8) is 0 Å². The number of para-hydroxylation sites is 3. The molecule has 0 fully saturated rings. The lowest BCUT2D eigenvalue weighted by molar-refractivity contribution is 0.666. The molecular formula is C45H32N4. The Labute approximate surface area is 284 Å². The topological polar surface area (TPSA) is 35.6 Å². The molecule has 0 N–H and O–H groups in total. The predicted octanol–water partition coefficient (Wildman–Crippen LogP) is 11.2. The van der Waals surface area contributed by atoms with Crippen molar-refractivity contribution < 1.29 is 0 Å². The first-order valence-electron chi connectivity index (χ1n) is 16.9. The van der Waals surface area contributed by atoms with Crippen molar-refractivity contribution in [2.45, 2.75) is 19.3 Å². The lowest BCUT2D eigenvalue weighted by Crippen LogP contribution is -2.14. The molecule has 1 aliphatic rings. The second-order valence-corrected chi connectivity index (χ2v) is 13.5. The molecule has 6 aromatic carbocycles. The van der Waals surface area contributed by atoms with Gasteiger partial charge in [-0.15, -0.1) is 0 Å². The molecule has 3 heterocycles. The Kier molecular flexibility index (Phi) is 5.89. The number of hydrogen-bond donors (Lipinski definition) is 0. The van der Waals surface area contributed by atoms with Crippen LogP contribution in [0.5, 0.6) is 0 Å². The summed E-state index contributed by atoms with van der Waals surface area (Å²) in [4.78, 5) is 10.7. The molecule has 4 heteroatoms. The minimum Gasteiger partial charge on any atom is -0.309 e. The molecule has 3 aromatic heterocycles. The molecule has 0 bridgehead atoms. The molecule has 10 rings (SSSR count). The van der Waals surface area contributed by atoms with Crippen LogP contribution in [0, 0.1) is 0 Å². The van der Waals surface area contributed by atoms with Gasteiger partial charge in [0, 0.05) is 44.1 Å². The number of aromatic nitrogens is 4. The lowest BCUT2D eigenvalue weighted by Gasteiger charge is -2.21. The fourth-order valence-corrected chi connectivity index (χ4v) is 8.13. The molecule has 232 valence electrons. The van der Waals surface area contributed by atoms with Crippen LogP contribution in [-0.4, -0.2) is 19.1 Å². The van der Waals surface area contributed by atoms with E-state index in [2.05, 4.69) is 181 Å². The van der Waals surface area contributed by atoms with Crippen LogP contribution in [0.25, 0.3) is 78.1 Å². The van der Waals surface area contributed by atoms with Crippen LogP contribution in [0.15, 0.2) is 158 Å². The summed E-state index contributed by atoms with van der Waals surface area (Å²) in [5.74, 6) is 0.696. The summed E-state index contributed by atoms with van der Waals surface area (Å²) >= 11 is 0. The van der Waals surface area contributed by atoms with Gasteiger partial charge in [-0.25, -0.2) is 9.97 Å². The van der Waals surface area contributed by atoms with Gasteiger partial charge in [0.2, 0.25) is 0 Å². The van der Waals surface area contributed by atoms with Crippen LogP contribution in [0.4, 0.5) is 0 Å². The SMILES string of the molecule is CC1(C)c2ccccc2-c2c1c1ccccc1n2-c1ccc2nc(-c3cc4ccccc4n3-c3ccccc3)nc(-c3ccccc3)c2c1. The Balaban J connectivity index is 1.25. The van der Waals surface area contributed by atoms with E-state index in [0.29, 0.717) is 5.82 Å². The van der Waals surface area contributed by atoms with Gasteiger partial charge in [0.1, 0.15) is 0 Å². The zero-order valence-electron chi connectivity index (χ0n) is 27.3. The van der Waals surface area contributed by atoms with Crippen molar-refractivity contribution in [3.05, 3.63) is 169 Å². The maximum Gasteiger partial charge on any atom is 0.177 e. The number of benzene rings is 6. The fourth-order valence-electron chi connectivity index (χ4n) is 8.13. The van der Waals surface area contributed by atoms with Gasteiger partial charge in [-0.3, -0.25) is 0 Å². The Hall–Kier alpha value is -6.26. The lowest BCUT2D eigenvalue weighted by atomic mass is 9.81. The first-order chi connectivity index (χ1) is 24.1. The first-order valence-corrected chi connectivity index (χ1v) is 16.9. The summed E-state index contributed by atoms with van der Waals surface area (Å²) in [5.41, 5.74) is 13.6. The highest BCUT2D eigenvalue weighted by molar-refractivity contribution is 6.01. The second-order valence-electron chi connectivity index (χ2n) is 13.5. The van der Waals surface area contributed by atoms with E-state index in [9.17, 15) is 0 Å². The summed E-state index contributed by atoms with van der Waals surface area (Å²) in [5, 5.41) is 3.47. The number of rotatable bonds is 4. The van der Waals surface area contributed by atoms with E-state index in [-0.39, 0.29) is 5.41 Å². The molecule has 0 atom stereocenters. The highest BCUT2D eigenvalue weighted by Gasteiger charge is 2.40. The van der Waals surface area contributed by atoms with Crippen molar-refractivity contribution in [2.75, 3.05) is 0 Å². The van der Waals surface area contributed by atoms with Crippen LogP contribution in [0.2, 0.25) is 0 Å². The molecule has 0 radical (unpaired) electrons. The minimum atomic E-state index is -0.113. The quantitative estimate of drug-likeness (QED) is 0.194. The second kappa shape index (κ2) is 10.4. The van der Waals surface area contributed by atoms with Gasteiger partial charge < -0.3 is 9.13 Å². The summed E-state index contributed by atoms with van der Waals surface area (Å²) in [6.45, 7) is 4.71. The largest absolute Gasteiger partial charge is 0.309 e. The highest BCUT2D eigenvalue weighted by Crippen LogP contribution is 2.53. The van der Waals surface area contributed by atoms with Gasteiger partial charge in [0.25, 0.3) is 0 Å². The molecule has 0 spiro atoms. The smallest absolute Gasteiger partial charge is 0.177 e. The average molecular weight is 629 g/mol. The molecule has 0 unspecified atom stereocenters. The summed E-state index contributed by atoms with van der Waals surface area (Å²) in [7, 11) is 0. The molecule has 0 saturated heterocycles. The standard InChI is InChI=1S/C45H32N4/c1-45(2)36-22-12-10-20-33(36)43-41(45)34-21-11-14-24-39(34)49(43)32-25-26-37-35(28-32)42(29-15-5-3-6-16-29)47-44(46-37)40-27-30-17-9-13-23-38(30)48(40)31-18-7-4-8-19-31/h3-28H,1-2H3. The number of nitrogens with zero attached hydrogens (tertiary/aromatic N) is 4. The van der Waals surface area contributed by atoms with Crippen molar-refractivity contribution in [1.29, 1.82) is 0 Å². The molecule has 9 aromatic rings. The van der Waals surface area contributed by atoms with E-state index in [0.717, 1.165) is 50.1 Å². The summed E-state index contributed by atoms with van der Waals surface area (Å²) in [6.07, 6.45) is 0. The molecule has 49 heavy (non-hydrogen) atoms. The van der Waals surface area contributed by atoms with Gasteiger partial charge in [-0.2, -0.15) is 0 Å². The zero-order valence-corrected chi connectivity index (χ0v) is 27.3. The normalized spacial score (nSPS) is 13.3. The van der Waals surface area contributed by atoms with Gasteiger partial charge in [0.15, 0.2) is 5.82 Å². The summed E-state index contributed by atoms with van der Waals surface area (Å²) < 4.78 is 4.72. The van der Waals surface area contributed by atoms with E-state index < -0.39 is 0 Å². The molecular weight excluding hydrogens is 597 g/mol. The van der Waals surface area contributed by atoms with E-state index >= 15 is 0 Å². The van der Waals surface area contributed by atoms with Gasteiger partial charge in [-0.05, 0) is 59.7 Å². The van der Waals surface area contributed by atoms with Crippen LogP contribution < -0.4 is 0 Å². The van der Waals surface area contributed by atoms with Gasteiger partial charge in [0.05, 0.1) is 33.6 Å². The molecule has 4 nitrogen and oxygen atoms in total. The third kappa shape index (κ3) is 4.04. The van der Waals surface area contributed by atoms with Gasteiger partial charge >= 0.3 is 0 Å². The first kappa shape index (κ1) is 27.8. The third-order valence-corrected chi connectivity index (χ3v) is 10.3. The highest BCUT2D eigenvalue weighted by atomic mass is 15.0. The van der Waals surface area contributed by atoms with Crippen molar-refractivity contribution in [3.8, 4) is 45.4 Å². The Morgan fingerprint density at radius 3 is 2.06 bits per heavy atom. The maximum atomic E-state index is 5.40. The molecule has 0 saturated carbocycles. The van der Waals surface area contributed by atoms with Crippen LogP contribution >= 0.6 is 0 Å². The van der Waals surface area contributed by atoms with Crippen molar-refractivity contribution >= 4 is 32.7 Å². The molecule has 1 aliphatic carbocycles. The predicted molar refractivity (Wildman–Crippen MR) is 202 cm³/mol. The zero-order chi connectivity index (χ0) is 32.7. The van der Waals surface area contributed by atoms with Crippen LogP contribution in [0.1, 0.15) is 25.0 Å². The van der Waals surface area contributed by atoms with Crippen LogP contribution in [-0.2, 0) is 5.41 Å². The Bertz CT molecular complexity index is 2730. The molecule has 0 aliphatic heterocycles. The average Bonchev–Trinajstić information content (AvgIpc) is 3.79. The van der Waals surface area contributed by atoms with E-state index in [1.807, 2.05) is 0 Å². The fraction of sp³-hybridized carbons (Fsp3) is 0.0667. The van der Waals surface area contributed by atoms with Crippen LogP contribution in [0.3, 0.4) is 0 Å². The summed E-state index contributed by atoms with van der Waals surface area (Å²) in [6, 6.07) is 56.1. The minimum absolute atomic E-state index is 0.113. The maximum absolute atomic E-state index is 5.40. The Morgan fingerprint density at radius 1 is 0.531 bits per heavy atom. The van der Waals surface area contributed by atoms with E-state index in [1.165, 1.54) is 33.3 Å². The Morgan fingerprint density at radius 2 is 1.22 bits per heavy atom. The number of hydrogen-bond acceptors (Lipinski definition) is 2. The van der Waals surface area contributed by atoms with E-state index in [4.69, 9.17) is 9.97 Å². The van der Waals surface area contributed by atoms with E-state index in [1.54, 1.807) is 0 Å². The van der Waals surface area contributed by atoms with Crippen molar-refractivity contribution in [2.24, 2.45) is 0 Å².